The molecule has 1 aromatic heterocycles. The molecule has 1 N–H and O–H groups in total. The maximum Gasteiger partial charge on any atom is 0.431 e. The zero-order valence-electron chi connectivity index (χ0n) is 11.0. The fraction of sp³-hybridized carbons (Fsp3) is 0.583. The van der Waals surface area contributed by atoms with Crippen molar-refractivity contribution in [3.63, 3.8) is 0 Å². The van der Waals surface area contributed by atoms with Crippen molar-refractivity contribution in [1.82, 2.24) is 20.3 Å². The molecule has 3 atom stereocenters. The Balaban J connectivity index is 0.00000121. The maximum absolute atomic E-state index is 12.2. The number of hydrogen-bond donors (Lipinski definition) is 1. The third-order valence-electron chi connectivity index (χ3n) is 3.95. The number of hydrazine groups is 1. The highest BCUT2D eigenvalue weighted by Gasteiger charge is 2.50. The smallest absolute Gasteiger partial charge is 0.431 e. The van der Waals surface area contributed by atoms with Gasteiger partial charge in [-0.2, -0.15) is 5.01 Å². The molecule has 4 rings (SSSR count). The van der Waals surface area contributed by atoms with Gasteiger partial charge in [0.15, 0.2) is 5.82 Å². The lowest BCUT2D eigenvalue weighted by molar-refractivity contribution is 0.0792. The Bertz CT molecular complexity index is 542. The number of piperazine rings is 1. The number of ether oxygens (including phenoxy) is 1. The van der Waals surface area contributed by atoms with Gasteiger partial charge in [-0.25, -0.2) is 19.8 Å². The number of cyclic esters (lactones) is 1. The number of hydrogen-bond acceptors (Lipinski definition) is 6. The molecule has 1 saturated carbocycles. The number of nitrogens with zero attached hydrogens (tertiary/aromatic N) is 4. The van der Waals surface area contributed by atoms with Crippen LogP contribution >= 0.6 is 12.4 Å². The van der Waals surface area contributed by atoms with Crippen LogP contribution in [0.4, 0.5) is 10.6 Å². The number of fused-ring (bicyclic) bond motifs is 2. The van der Waals surface area contributed by atoms with Gasteiger partial charge >= 0.3 is 6.09 Å². The van der Waals surface area contributed by atoms with Crippen LogP contribution in [0.2, 0.25) is 0 Å². The number of rotatable bonds is 1. The van der Waals surface area contributed by atoms with E-state index in [9.17, 15) is 4.79 Å². The first kappa shape index (κ1) is 13.5. The summed E-state index contributed by atoms with van der Waals surface area (Å²) in [7, 11) is 0. The van der Waals surface area contributed by atoms with E-state index in [0.717, 1.165) is 25.1 Å². The van der Waals surface area contributed by atoms with E-state index in [1.165, 1.54) is 6.33 Å². The lowest BCUT2D eigenvalue weighted by atomic mass is 10.2. The van der Waals surface area contributed by atoms with E-state index in [-0.39, 0.29) is 24.6 Å². The van der Waals surface area contributed by atoms with E-state index in [4.69, 9.17) is 4.74 Å². The molecule has 0 aromatic carbocycles. The highest BCUT2D eigenvalue weighted by Crippen LogP contribution is 2.38. The minimum Gasteiger partial charge on any atom is -0.440 e. The van der Waals surface area contributed by atoms with Crippen LogP contribution in [0.3, 0.4) is 0 Å². The predicted molar refractivity (Wildman–Crippen MR) is 73.6 cm³/mol. The van der Waals surface area contributed by atoms with Crippen LogP contribution in [-0.4, -0.2) is 46.2 Å². The summed E-state index contributed by atoms with van der Waals surface area (Å²) in [5, 5.41) is 7.08. The average Bonchev–Trinajstić information content (AvgIpc) is 3.19. The van der Waals surface area contributed by atoms with Crippen molar-refractivity contribution in [3.8, 4) is 0 Å². The summed E-state index contributed by atoms with van der Waals surface area (Å²) in [6, 6.07) is 0.865. The molecule has 1 saturated heterocycles. The third kappa shape index (κ3) is 1.93. The van der Waals surface area contributed by atoms with Crippen molar-refractivity contribution in [2.75, 3.05) is 18.1 Å². The molecule has 7 nitrogen and oxygen atoms in total. The molecule has 0 spiro atoms. The standard InChI is InChI=1S/C12H15N5O2.ClH/c1-7-8-5-13-6-15-11(8)17(12(18)19-7)16-3-2-14-9-4-10(9)16;/h5-7,9-10,14H,2-4H2,1H3;1H/t7-,9?,10?;/m0./s1. The molecule has 8 heteroatoms. The molecule has 0 radical (unpaired) electrons. The van der Waals surface area contributed by atoms with Gasteiger partial charge in [0.05, 0.1) is 5.56 Å². The second-order valence-electron chi connectivity index (χ2n) is 5.17. The summed E-state index contributed by atoms with van der Waals surface area (Å²) >= 11 is 0. The minimum atomic E-state index is -0.341. The van der Waals surface area contributed by atoms with Gasteiger partial charge in [-0.1, -0.05) is 0 Å². The molecule has 1 amide bonds. The molecule has 1 aliphatic carbocycles. The lowest BCUT2D eigenvalue weighted by Crippen LogP contribution is -2.57. The fourth-order valence-corrected chi connectivity index (χ4v) is 2.88. The lowest BCUT2D eigenvalue weighted by Gasteiger charge is -2.39. The van der Waals surface area contributed by atoms with Gasteiger partial charge in [-0.15, -0.1) is 12.4 Å². The topological polar surface area (TPSA) is 70.6 Å². The molecule has 2 fully saturated rings. The molecular formula is C12H16ClN5O2. The summed E-state index contributed by atoms with van der Waals surface area (Å²) in [6.07, 6.45) is 3.63. The molecule has 20 heavy (non-hydrogen) atoms. The number of carbonyl (C=O) groups excluding carboxylic acids is 1. The van der Waals surface area contributed by atoms with E-state index in [2.05, 4.69) is 20.3 Å². The number of amides is 1. The number of halogens is 1. The highest BCUT2D eigenvalue weighted by molar-refractivity contribution is 5.88. The Morgan fingerprint density at radius 3 is 3.20 bits per heavy atom. The maximum atomic E-state index is 12.2. The number of nitrogens with one attached hydrogen (secondary N) is 1. The molecule has 0 bridgehead atoms. The molecule has 1 aromatic rings. The first-order valence-corrected chi connectivity index (χ1v) is 6.56. The van der Waals surface area contributed by atoms with Crippen molar-refractivity contribution in [2.24, 2.45) is 0 Å². The van der Waals surface area contributed by atoms with E-state index < -0.39 is 0 Å². The molecule has 3 aliphatic rings. The van der Waals surface area contributed by atoms with Crippen LogP contribution in [-0.2, 0) is 4.74 Å². The normalized spacial score (nSPS) is 31.8. The van der Waals surface area contributed by atoms with Crippen molar-refractivity contribution < 1.29 is 9.53 Å². The summed E-state index contributed by atoms with van der Waals surface area (Å²) in [5.41, 5.74) is 0.859. The first-order chi connectivity index (χ1) is 9.25. The minimum absolute atomic E-state index is 0. The molecule has 2 aliphatic heterocycles. The van der Waals surface area contributed by atoms with Crippen molar-refractivity contribution in [2.45, 2.75) is 31.5 Å². The van der Waals surface area contributed by atoms with Gasteiger partial charge in [0, 0.05) is 31.4 Å². The molecule has 108 valence electrons. The SMILES string of the molecule is C[C@@H]1OC(=O)N(N2CCNC3CC32)c2ncncc21.Cl. The zero-order chi connectivity index (χ0) is 13.0. The second-order valence-corrected chi connectivity index (χ2v) is 5.17. The van der Waals surface area contributed by atoms with E-state index in [1.54, 1.807) is 11.2 Å². The Hall–Kier alpha value is -1.44. The number of aromatic nitrogens is 2. The number of anilines is 1. The highest BCUT2D eigenvalue weighted by atomic mass is 35.5. The first-order valence-electron chi connectivity index (χ1n) is 6.56. The third-order valence-corrected chi connectivity index (χ3v) is 3.95. The number of carbonyl (C=O) groups is 1. The van der Waals surface area contributed by atoms with Crippen molar-refractivity contribution in [1.29, 1.82) is 0 Å². The van der Waals surface area contributed by atoms with Gasteiger partial charge in [-0.05, 0) is 13.3 Å². The largest absolute Gasteiger partial charge is 0.440 e. The van der Waals surface area contributed by atoms with Crippen molar-refractivity contribution in [3.05, 3.63) is 18.1 Å². The Morgan fingerprint density at radius 2 is 2.35 bits per heavy atom. The van der Waals surface area contributed by atoms with E-state index in [1.807, 2.05) is 6.92 Å². The van der Waals surface area contributed by atoms with Gasteiger partial charge < -0.3 is 10.1 Å². The van der Waals surface area contributed by atoms with E-state index in [0.29, 0.717) is 17.9 Å². The van der Waals surface area contributed by atoms with Crippen LogP contribution in [0.5, 0.6) is 0 Å². The quantitative estimate of drug-likeness (QED) is 0.830. The summed E-state index contributed by atoms with van der Waals surface area (Å²) in [6.45, 7) is 3.50. The van der Waals surface area contributed by atoms with Gasteiger partial charge in [0.1, 0.15) is 12.4 Å². The zero-order valence-corrected chi connectivity index (χ0v) is 11.8. The molecular weight excluding hydrogens is 282 g/mol. The van der Waals surface area contributed by atoms with Crippen LogP contribution in [0, 0.1) is 0 Å². The Labute approximate surface area is 122 Å². The van der Waals surface area contributed by atoms with Crippen LogP contribution in [0.25, 0.3) is 0 Å². The Kier molecular flexibility index (Phi) is 3.27. The van der Waals surface area contributed by atoms with E-state index >= 15 is 0 Å². The molecule has 2 unspecified atom stereocenters. The van der Waals surface area contributed by atoms with Crippen molar-refractivity contribution >= 4 is 24.3 Å². The summed E-state index contributed by atoms with van der Waals surface area (Å²) in [4.78, 5) is 20.5. The van der Waals surface area contributed by atoms with Gasteiger partial charge in [0.2, 0.25) is 0 Å². The predicted octanol–water partition coefficient (Wildman–Crippen LogP) is 0.877. The second kappa shape index (κ2) is 4.83. The van der Waals surface area contributed by atoms with Crippen LogP contribution in [0.1, 0.15) is 25.0 Å². The monoisotopic (exact) mass is 297 g/mol. The fourth-order valence-electron chi connectivity index (χ4n) is 2.88. The average molecular weight is 298 g/mol. The summed E-state index contributed by atoms with van der Waals surface area (Å²) in [5.74, 6) is 0.659. The molecule has 3 heterocycles. The van der Waals surface area contributed by atoms with Gasteiger partial charge in [-0.3, -0.25) is 0 Å². The van der Waals surface area contributed by atoms with Crippen LogP contribution in [0.15, 0.2) is 12.5 Å². The Morgan fingerprint density at radius 1 is 1.50 bits per heavy atom. The summed E-state index contributed by atoms with van der Waals surface area (Å²) < 4.78 is 5.39. The van der Waals surface area contributed by atoms with Gasteiger partial charge in [0.25, 0.3) is 0 Å². The van der Waals surface area contributed by atoms with Crippen LogP contribution < -0.4 is 10.3 Å².